The van der Waals surface area contributed by atoms with E-state index in [1.54, 1.807) is 40.1 Å². The highest BCUT2D eigenvalue weighted by atomic mass is 35.5. The summed E-state index contributed by atoms with van der Waals surface area (Å²) >= 11 is 17.9. The fraction of sp³-hybridized carbons (Fsp3) is 0.579. The van der Waals surface area contributed by atoms with Gasteiger partial charge in [0.15, 0.2) is 0 Å². The number of morpholine rings is 3. The highest BCUT2D eigenvalue weighted by molar-refractivity contribution is 6.62. The number of urea groups is 2. The SMILES string of the molecule is Cc1ccc(NC(=O)N2CC[C@@H](CC(F)(F)F)C2)cc1-c1cc(N2CCOCC2)nc(N2CC3CC3C2=O)c1.Cc1ccc(NC(=O)N2CC[C@@H](CC(F)(F)F)C2)cc1B1OC(C)(C)C(C)(C)O1.Clc1cc(Cl)nc(N2CCOCC2)c1.O=C1C2CC2CN1c1cc(Cl)cc(N2CCOCC2)n1.O=C1NCC2CC12. The topological polar surface area (TPSA) is 229 Å². The number of nitrogens with zero attached hydrogens (tertiary/aromatic N) is 10. The molecule has 9 saturated heterocycles. The molecule has 17 rings (SSSR count). The van der Waals surface area contributed by atoms with E-state index in [0.717, 1.165) is 123 Å². The Labute approximate surface area is 645 Å². The minimum Gasteiger partial charge on any atom is -0.399 e. The lowest BCUT2D eigenvalue weighted by Crippen LogP contribution is -2.41. The van der Waals surface area contributed by atoms with E-state index in [1.165, 1.54) is 9.80 Å². The summed E-state index contributed by atoms with van der Waals surface area (Å²) in [6, 6.07) is 21.3. The quantitative estimate of drug-likeness (QED) is 0.0634. The van der Waals surface area contributed by atoms with Crippen LogP contribution in [0, 0.1) is 61.2 Å². The lowest BCUT2D eigenvalue weighted by molar-refractivity contribution is -0.144. The van der Waals surface area contributed by atoms with E-state index < -0.39 is 67.4 Å². The average molecular weight is 1580 g/mol. The van der Waals surface area contributed by atoms with E-state index in [2.05, 4.69) is 40.6 Å². The molecule has 8 atom stereocenters. The fourth-order valence-corrected chi connectivity index (χ4v) is 15.9. The maximum absolute atomic E-state index is 12.9. The van der Waals surface area contributed by atoms with Gasteiger partial charge in [-0.2, -0.15) is 26.3 Å². The Bertz CT molecular complexity index is 4140. The molecular weight excluding hydrogens is 1490 g/mol. The van der Waals surface area contributed by atoms with Gasteiger partial charge in [-0.25, -0.2) is 24.5 Å². The van der Waals surface area contributed by atoms with Crippen LogP contribution < -0.4 is 45.9 Å². The van der Waals surface area contributed by atoms with Gasteiger partial charge >= 0.3 is 31.5 Å². The van der Waals surface area contributed by atoms with Crippen molar-refractivity contribution in [3.8, 4) is 11.1 Å². The number of amides is 7. The van der Waals surface area contributed by atoms with Crippen molar-refractivity contribution in [3.63, 3.8) is 0 Å². The van der Waals surface area contributed by atoms with E-state index in [9.17, 15) is 50.3 Å². The molecule has 23 nitrogen and oxygen atoms in total. The molecule has 12 heterocycles. The summed E-state index contributed by atoms with van der Waals surface area (Å²) in [5, 5.41) is 10.1. The number of aromatic nitrogens is 3. The van der Waals surface area contributed by atoms with Gasteiger partial charge in [0.05, 0.1) is 50.8 Å². The summed E-state index contributed by atoms with van der Waals surface area (Å²) in [6.45, 7) is 23.8. The Balaban J connectivity index is 0.000000131. The number of carbonyl (C=O) groups excluding carboxylic acids is 5. The van der Waals surface area contributed by atoms with E-state index in [0.29, 0.717) is 128 Å². The van der Waals surface area contributed by atoms with Gasteiger partial charge in [0.1, 0.15) is 34.2 Å². The molecule has 7 amide bonds. The second kappa shape index (κ2) is 33.1. The van der Waals surface area contributed by atoms with Crippen molar-refractivity contribution >= 4 is 118 Å². The molecule has 3 N–H and O–H groups in total. The molecule has 12 fully saturated rings. The van der Waals surface area contributed by atoms with Crippen LogP contribution in [0.15, 0.2) is 72.8 Å². The van der Waals surface area contributed by atoms with Crippen LogP contribution in [-0.4, -0.2) is 210 Å². The Morgan fingerprint density at radius 2 is 0.954 bits per heavy atom. The van der Waals surface area contributed by atoms with Crippen molar-refractivity contribution in [2.75, 3.05) is 160 Å². The largest absolute Gasteiger partial charge is 0.495 e. The molecule has 3 saturated carbocycles. The van der Waals surface area contributed by atoms with Crippen molar-refractivity contribution in [3.05, 3.63) is 99.1 Å². The van der Waals surface area contributed by atoms with Gasteiger partial charge in [0, 0.05) is 137 Å². The lowest BCUT2D eigenvalue weighted by Gasteiger charge is -2.32. The van der Waals surface area contributed by atoms with E-state index >= 15 is 0 Å². The van der Waals surface area contributed by atoms with E-state index in [4.69, 9.17) is 63.3 Å². The van der Waals surface area contributed by atoms with Crippen LogP contribution >= 0.6 is 34.8 Å². The van der Waals surface area contributed by atoms with Crippen LogP contribution in [-0.2, 0) is 37.9 Å². The van der Waals surface area contributed by atoms with Crippen LogP contribution in [0.5, 0.6) is 0 Å². The molecule has 588 valence electrons. The number of hydrogen-bond acceptors (Lipinski definition) is 16. The average Bonchev–Trinajstić information content (AvgIpc) is 1.61. The number of likely N-dealkylation sites (tertiary alicyclic amines) is 2. The van der Waals surface area contributed by atoms with E-state index in [-0.39, 0.29) is 42.6 Å². The number of ether oxygens (including phenoxy) is 3. The molecule has 3 aliphatic carbocycles. The third-order valence-electron chi connectivity index (χ3n) is 22.5. The maximum Gasteiger partial charge on any atom is 0.495 e. The minimum absolute atomic E-state index is 0.0898. The number of alkyl halides is 6. The number of anilines is 7. The number of pyridine rings is 3. The lowest BCUT2D eigenvalue weighted by atomic mass is 9.76. The summed E-state index contributed by atoms with van der Waals surface area (Å²) in [5.74, 6) is 5.73. The molecular formula is C76H93BCl3F6N13O10. The molecule has 0 spiro atoms. The van der Waals surface area contributed by atoms with Gasteiger partial charge in [-0.3, -0.25) is 24.2 Å². The van der Waals surface area contributed by atoms with Crippen LogP contribution in [0.3, 0.4) is 0 Å². The molecule has 2 aromatic carbocycles. The highest BCUT2D eigenvalue weighted by Gasteiger charge is 2.55. The summed E-state index contributed by atoms with van der Waals surface area (Å²) < 4.78 is 104. The molecule has 9 aliphatic heterocycles. The van der Waals surface area contributed by atoms with Crippen molar-refractivity contribution in [2.45, 2.75) is 110 Å². The monoisotopic (exact) mass is 1580 g/mol. The van der Waals surface area contributed by atoms with Crippen molar-refractivity contribution < 1.29 is 73.8 Å². The molecule has 0 bridgehead atoms. The molecule has 6 unspecified atom stereocenters. The predicted molar refractivity (Wildman–Crippen MR) is 405 cm³/mol. The minimum atomic E-state index is -4.23. The zero-order chi connectivity index (χ0) is 77.4. The zero-order valence-electron chi connectivity index (χ0n) is 62.0. The second-order valence-electron chi connectivity index (χ2n) is 31.2. The molecule has 12 aliphatic rings. The van der Waals surface area contributed by atoms with Crippen molar-refractivity contribution in [1.29, 1.82) is 0 Å². The highest BCUT2D eigenvalue weighted by Crippen LogP contribution is 2.49. The predicted octanol–water partition coefficient (Wildman–Crippen LogP) is 12.3. The second-order valence-corrected chi connectivity index (χ2v) is 32.4. The Morgan fingerprint density at radius 1 is 0.532 bits per heavy atom. The third-order valence-corrected chi connectivity index (χ3v) is 23.2. The van der Waals surface area contributed by atoms with Gasteiger partial charge in [-0.1, -0.05) is 52.5 Å². The van der Waals surface area contributed by atoms with Gasteiger partial charge in [-0.05, 0) is 186 Å². The van der Waals surface area contributed by atoms with Crippen LogP contribution in [0.1, 0.15) is 83.8 Å². The summed E-state index contributed by atoms with van der Waals surface area (Å²) in [6.07, 6.45) is -6.29. The molecule has 5 aromatic rings. The number of halogens is 9. The Kier molecular flexibility index (Phi) is 24.2. The van der Waals surface area contributed by atoms with Crippen molar-refractivity contribution in [2.24, 2.45) is 47.3 Å². The standard InChI is InChI=1S/C28H32F3N5O3.C20H28BF3N2O3.C14H16ClN3O2.C9H10Cl2N2O.C5H7NO/c1-17-2-3-21(32-27(38)35-5-4-18(15-35)14-28(29,30)31)13-22(17)19-11-24(34-6-8-39-9-7-34)33-25(12-19)36-16-20-10-23(20)26(36)37;1-13-6-7-15(10-16(13)21-28-18(2,3)19(4,5)29-21)25-17(27)26-9-8-14(12-26)11-20(22,23)24;15-10-6-12(17-1-3-20-4-2-17)16-13(7-10)18-8-9-5-11(9)14(18)19;10-7-5-8(11)12-9(6-7)13-1-3-14-4-2-13;7-5-4-1-3(4)2-6-5/h2-3,11-13,18,20,23H,4-10,14-16H2,1H3,(H,32,38);6-7,10,14H,8-9,11-12H2,1-5H3,(H,25,27);6-7,9,11H,1-5,8H2;5-6H,1-4H2;3-4H,1-2H2,(H,6,7)/t18-,20?,23?;14-;;;/m00.../s1. The van der Waals surface area contributed by atoms with Gasteiger partial charge < -0.3 is 64.0 Å². The molecule has 33 heteroatoms. The first-order chi connectivity index (χ1) is 51.8. The number of rotatable bonds is 11. The number of piperidine rings is 3. The summed E-state index contributed by atoms with van der Waals surface area (Å²) in [5.41, 5.74) is 4.70. The van der Waals surface area contributed by atoms with Gasteiger partial charge in [-0.15, -0.1) is 0 Å². The first-order valence-electron chi connectivity index (χ1n) is 37.5. The summed E-state index contributed by atoms with van der Waals surface area (Å²) in [7, 11) is -0.556. The molecule has 0 radical (unpaired) electrons. The number of carbonyl (C=O) groups is 5. The number of nitrogens with one attached hydrogen (secondary N) is 3. The van der Waals surface area contributed by atoms with Gasteiger partial charge in [0.2, 0.25) is 17.7 Å². The van der Waals surface area contributed by atoms with Gasteiger partial charge in [0.25, 0.3) is 0 Å². The zero-order valence-corrected chi connectivity index (χ0v) is 64.2. The number of aryl methyl sites for hydroxylation is 2. The summed E-state index contributed by atoms with van der Waals surface area (Å²) in [4.78, 5) is 87.5. The van der Waals surface area contributed by atoms with E-state index in [1.807, 2.05) is 84.0 Å². The number of fused-ring (bicyclic) bond motifs is 3. The molecule has 109 heavy (non-hydrogen) atoms. The Morgan fingerprint density at radius 3 is 1.38 bits per heavy atom. The fourth-order valence-electron chi connectivity index (χ4n) is 15.2. The van der Waals surface area contributed by atoms with Crippen molar-refractivity contribution in [1.82, 2.24) is 30.1 Å². The van der Waals surface area contributed by atoms with Crippen LogP contribution in [0.2, 0.25) is 15.2 Å². The molecule has 3 aromatic heterocycles. The smallest absolute Gasteiger partial charge is 0.399 e. The normalized spacial score (nSPS) is 25.5. The maximum atomic E-state index is 12.9. The Hall–Kier alpha value is -7.45. The number of hydrogen-bond donors (Lipinski definition) is 3. The first kappa shape index (κ1) is 79.6. The number of benzene rings is 2. The van der Waals surface area contributed by atoms with Crippen LogP contribution in [0.4, 0.5) is 76.4 Å². The third kappa shape index (κ3) is 20.1. The van der Waals surface area contributed by atoms with Crippen LogP contribution in [0.25, 0.3) is 11.1 Å². The first-order valence-corrected chi connectivity index (χ1v) is 38.6.